The number of hydrogen-bond donors (Lipinski definition) is 0. The van der Waals surface area contributed by atoms with Crippen molar-refractivity contribution in [3.05, 3.63) is 58.7 Å². The molecule has 0 aliphatic heterocycles. The van der Waals surface area contributed by atoms with Crippen LogP contribution in [0, 0.1) is 6.92 Å². The van der Waals surface area contributed by atoms with Crippen LogP contribution in [0.25, 0.3) is 0 Å². The van der Waals surface area contributed by atoms with Gasteiger partial charge in [0.1, 0.15) is 0 Å². The normalized spacial score (nSPS) is 14.8. The Balaban J connectivity index is 2.40. The van der Waals surface area contributed by atoms with Gasteiger partial charge < -0.3 is 0 Å². The highest BCUT2D eigenvalue weighted by molar-refractivity contribution is 7.86. The molecule has 2 rings (SSSR count). The van der Waals surface area contributed by atoms with Gasteiger partial charge >= 0.3 is 0 Å². The van der Waals surface area contributed by atoms with Gasteiger partial charge in [-0.3, -0.25) is 4.18 Å². The molecule has 0 heterocycles. The van der Waals surface area contributed by atoms with Gasteiger partial charge in [-0.15, -0.1) is 0 Å². The van der Waals surface area contributed by atoms with E-state index >= 15 is 0 Å². The molecule has 33 heavy (non-hydrogen) atoms. The number of hydrogen-bond acceptors (Lipinski definition) is 3. The molecule has 3 nitrogen and oxygen atoms in total. The van der Waals surface area contributed by atoms with Crippen LogP contribution in [0.5, 0.6) is 0 Å². The smallest absolute Gasteiger partial charge is 0.263 e. The van der Waals surface area contributed by atoms with Crippen LogP contribution in [0.15, 0.2) is 41.3 Å². The van der Waals surface area contributed by atoms with E-state index in [1.165, 1.54) is 22.0 Å². The topological polar surface area (TPSA) is 43.4 Å². The van der Waals surface area contributed by atoms with Crippen LogP contribution < -0.4 is 5.30 Å². The van der Waals surface area contributed by atoms with Gasteiger partial charge in [0.2, 0.25) is 0 Å². The van der Waals surface area contributed by atoms with E-state index in [2.05, 4.69) is 74.4 Å². The maximum absolute atomic E-state index is 12.8. The van der Waals surface area contributed by atoms with Crippen molar-refractivity contribution in [1.82, 2.24) is 0 Å². The van der Waals surface area contributed by atoms with Crippen molar-refractivity contribution in [2.24, 2.45) is 0 Å². The third-order valence-electron chi connectivity index (χ3n) is 5.79. The van der Waals surface area contributed by atoms with Crippen LogP contribution in [-0.4, -0.2) is 20.7 Å². The third kappa shape index (κ3) is 7.38. The molecule has 0 spiro atoms. The Labute approximate surface area is 204 Å². The highest BCUT2D eigenvalue weighted by Gasteiger charge is 2.29. The van der Waals surface area contributed by atoms with Crippen molar-refractivity contribution >= 4 is 24.0 Å². The summed E-state index contributed by atoms with van der Waals surface area (Å²) in [5.41, 5.74) is 5.10. The Morgan fingerprint density at radius 1 is 0.818 bits per heavy atom. The molecule has 2 aromatic rings. The Hall–Kier alpha value is -1.22. The summed E-state index contributed by atoms with van der Waals surface area (Å²) in [6.07, 6.45) is 0.254. The van der Waals surface area contributed by atoms with Crippen molar-refractivity contribution in [3.63, 3.8) is 0 Å². The molecule has 0 aromatic heterocycles. The molecule has 5 heteroatoms. The van der Waals surface area contributed by atoms with E-state index in [-0.39, 0.29) is 21.1 Å². The lowest BCUT2D eigenvalue weighted by molar-refractivity contribution is 0.252. The molecule has 0 radical (unpaired) electrons. The third-order valence-corrected chi connectivity index (χ3v) is 8.89. The summed E-state index contributed by atoms with van der Waals surface area (Å²) < 4.78 is 31.1. The largest absolute Gasteiger partial charge is 0.297 e. The molecule has 1 unspecified atom stereocenters. The first-order valence-corrected chi connectivity index (χ1v) is 14.4. The summed E-state index contributed by atoms with van der Waals surface area (Å²) in [5, 5.41) is 1.35. The molecule has 0 saturated heterocycles. The Kier molecular flexibility index (Phi) is 8.32. The Bertz CT molecular complexity index is 1030. The van der Waals surface area contributed by atoms with Crippen LogP contribution in [0.1, 0.15) is 91.5 Å². The highest BCUT2D eigenvalue weighted by Crippen LogP contribution is 2.37. The van der Waals surface area contributed by atoms with Crippen molar-refractivity contribution < 1.29 is 12.6 Å². The summed E-state index contributed by atoms with van der Waals surface area (Å²) in [6, 6.07) is 11.5. The number of rotatable bonds is 6. The summed E-state index contributed by atoms with van der Waals surface area (Å²) in [5.74, 6) is 0. The van der Waals surface area contributed by atoms with E-state index in [9.17, 15) is 8.42 Å². The molecule has 0 N–H and O–H groups in total. The molecule has 2 aromatic carbocycles. The van der Waals surface area contributed by atoms with Crippen molar-refractivity contribution in [2.75, 3.05) is 6.16 Å². The summed E-state index contributed by atoms with van der Waals surface area (Å²) in [6.45, 7) is 24.1. The van der Waals surface area contributed by atoms with E-state index in [1.54, 1.807) is 24.3 Å². The summed E-state index contributed by atoms with van der Waals surface area (Å²) >= 11 is 0. The second-order valence-corrected chi connectivity index (χ2v) is 15.1. The molecule has 0 aliphatic rings. The molecule has 0 fully saturated rings. The van der Waals surface area contributed by atoms with E-state index in [4.69, 9.17) is 4.18 Å². The maximum atomic E-state index is 12.8. The molecule has 2 atom stereocenters. The van der Waals surface area contributed by atoms with Gasteiger partial charge in [-0.2, -0.15) is 8.42 Å². The van der Waals surface area contributed by atoms with Crippen molar-refractivity contribution in [2.45, 2.75) is 103 Å². The minimum atomic E-state index is -3.78. The first kappa shape index (κ1) is 28.0. The number of benzene rings is 2. The molecule has 184 valence electrons. The van der Waals surface area contributed by atoms with Gasteiger partial charge in [0, 0.05) is 0 Å². The molecule has 0 amide bonds. The maximum Gasteiger partial charge on any atom is 0.297 e. The first-order valence-electron chi connectivity index (χ1n) is 11.8. The monoisotopic (exact) mass is 490 g/mol. The van der Waals surface area contributed by atoms with Crippen molar-refractivity contribution in [1.29, 1.82) is 0 Å². The van der Waals surface area contributed by atoms with Gasteiger partial charge in [0.15, 0.2) is 0 Å². The highest BCUT2D eigenvalue weighted by atomic mass is 32.2. The fourth-order valence-corrected chi connectivity index (χ4v) is 6.76. The summed E-state index contributed by atoms with van der Waals surface area (Å²) in [7, 11) is -3.32. The zero-order chi connectivity index (χ0) is 25.4. The molecule has 0 aliphatic carbocycles. The first-order chi connectivity index (χ1) is 14.8. The fraction of sp³-hybridized carbons (Fsp3) is 0.571. The second kappa shape index (κ2) is 9.80. The average Bonchev–Trinajstić information content (AvgIpc) is 2.63. The van der Waals surface area contributed by atoms with E-state index in [1.807, 2.05) is 13.8 Å². The van der Waals surface area contributed by atoms with E-state index in [0.717, 1.165) is 5.56 Å². The summed E-state index contributed by atoms with van der Waals surface area (Å²) in [4.78, 5) is 0.212. The predicted octanol–water partition coefficient (Wildman–Crippen LogP) is 6.99. The van der Waals surface area contributed by atoms with Gasteiger partial charge in [-0.25, -0.2) is 0 Å². The lowest BCUT2D eigenvalue weighted by Gasteiger charge is -2.34. The van der Waals surface area contributed by atoms with Crippen LogP contribution >= 0.6 is 8.58 Å². The predicted molar refractivity (Wildman–Crippen MR) is 144 cm³/mol. The van der Waals surface area contributed by atoms with Gasteiger partial charge in [0.05, 0.1) is 11.0 Å². The molecular weight excluding hydrogens is 447 g/mol. The lowest BCUT2D eigenvalue weighted by Crippen LogP contribution is -2.31. The SMILES string of the molecule is Cc1ccc(S(=O)(=O)O[C@@H](C)CPc2c(C(C)(C)C)cc(C(C)(C)C)cc2C(C)(C)C)cc1. The van der Waals surface area contributed by atoms with E-state index in [0.29, 0.717) is 14.7 Å². The lowest BCUT2D eigenvalue weighted by atomic mass is 9.75. The molecule has 0 saturated carbocycles. The van der Waals surface area contributed by atoms with Crippen molar-refractivity contribution in [3.8, 4) is 0 Å². The quantitative estimate of drug-likeness (QED) is 0.324. The zero-order valence-corrected chi connectivity index (χ0v) is 24.2. The second-order valence-electron chi connectivity index (χ2n) is 12.3. The van der Waals surface area contributed by atoms with Crippen LogP contribution in [-0.2, 0) is 30.5 Å². The Morgan fingerprint density at radius 3 is 1.67 bits per heavy atom. The molecule has 0 bridgehead atoms. The standard InChI is InChI=1S/C28H43O3PS/c1-19-12-14-22(15-13-19)33(29,30)31-20(2)18-32-25-23(27(6,7)8)16-21(26(3,4)5)17-24(25)28(9,10)11/h12-17,20,32H,18H2,1-11H3/t20-/m0/s1. The van der Waals surface area contributed by atoms with Gasteiger partial charge in [-0.1, -0.05) is 101 Å². The van der Waals surface area contributed by atoms with Crippen LogP contribution in [0.2, 0.25) is 0 Å². The zero-order valence-electron chi connectivity index (χ0n) is 22.4. The van der Waals surface area contributed by atoms with E-state index < -0.39 is 16.2 Å². The molecular formula is C28H43O3PS. The minimum absolute atomic E-state index is 0.0122. The van der Waals surface area contributed by atoms with Gasteiger partial charge in [-0.05, 0) is 70.4 Å². The van der Waals surface area contributed by atoms with Crippen LogP contribution in [0.3, 0.4) is 0 Å². The number of aryl methyl sites for hydroxylation is 1. The average molecular weight is 491 g/mol. The van der Waals surface area contributed by atoms with Gasteiger partial charge in [0.25, 0.3) is 10.1 Å². The fourth-order valence-electron chi connectivity index (χ4n) is 3.71. The minimum Gasteiger partial charge on any atom is -0.263 e. The van der Waals surface area contributed by atoms with Crippen LogP contribution in [0.4, 0.5) is 0 Å². The Morgan fingerprint density at radius 2 is 1.27 bits per heavy atom.